The van der Waals surface area contributed by atoms with Gasteiger partial charge >= 0.3 is 27.8 Å². The van der Waals surface area contributed by atoms with Crippen LogP contribution in [0.3, 0.4) is 0 Å². The standard InChI is InChI=1S/C5H9O7P.H3O3P/c6-4(7)2-1-3(5(8)9)13(10,11)12;1-4(2)3/h3H,1-2H2,(H,6,7)(H,8,9)(H2,10,11,12);4H,(H2,1,2,3). The van der Waals surface area contributed by atoms with E-state index in [9.17, 15) is 14.2 Å². The summed E-state index contributed by atoms with van der Waals surface area (Å²) < 4.78 is 19.2. The zero-order chi connectivity index (χ0) is 14.2. The van der Waals surface area contributed by atoms with Gasteiger partial charge in [-0.25, -0.2) is 0 Å². The molecule has 0 aliphatic heterocycles. The Morgan fingerprint density at radius 2 is 1.53 bits per heavy atom. The minimum atomic E-state index is -4.75. The van der Waals surface area contributed by atoms with Crippen molar-refractivity contribution in [2.24, 2.45) is 0 Å². The molecule has 0 rings (SSSR count). The maximum absolute atomic E-state index is 10.5. The second-order valence-corrected chi connectivity index (χ2v) is 5.02. The molecule has 0 radical (unpaired) electrons. The molecule has 17 heavy (non-hydrogen) atoms. The molecule has 102 valence electrons. The van der Waals surface area contributed by atoms with Crippen LogP contribution in [0, 0.1) is 0 Å². The van der Waals surface area contributed by atoms with Gasteiger partial charge in [-0.2, -0.15) is 0 Å². The Hall–Kier alpha value is -0.760. The summed E-state index contributed by atoms with van der Waals surface area (Å²) in [7, 11) is -7.88. The van der Waals surface area contributed by atoms with E-state index in [2.05, 4.69) is 0 Å². The summed E-state index contributed by atoms with van der Waals surface area (Å²) in [5, 5.41) is 16.5. The van der Waals surface area contributed by atoms with E-state index < -0.39 is 46.3 Å². The Morgan fingerprint density at radius 3 is 1.71 bits per heavy atom. The predicted molar refractivity (Wildman–Crippen MR) is 53.8 cm³/mol. The van der Waals surface area contributed by atoms with E-state index in [-0.39, 0.29) is 0 Å². The van der Waals surface area contributed by atoms with Crippen molar-refractivity contribution in [1.82, 2.24) is 0 Å². The molecule has 6 N–H and O–H groups in total. The molecule has 0 aromatic heterocycles. The molecule has 0 aromatic carbocycles. The van der Waals surface area contributed by atoms with Crippen LogP contribution < -0.4 is 0 Å². The zero-order valence-corrected chi connectivity index (χ0v) is 10.1. The lowest BCUT2D eigenvalue weighted by Gasteiger charge is -2.11. The van der Waals surface area contributed by atoms with E-state index >= 15 is 0 Å². The lowest BCUT2D eigenvalue weighted by molar-refractivity contribution is -0.138. The molecule has 1 unspecified atom stereocenters. The highest BCUT2D eigenvalue weighted by molar-refractivity contribution is 7.53. The summed E-state index contributed by atoms with van der Waals surface area (Å²) in [6, 6.07) is 0. The predicted octanol–water partition coefficient (Wildman–Crippen LogP) is -1.16. The second kappa shape index (κ2) is 8.35. The van der Waals surface area contributed by atoms with Crippen LogP contribution in [0.2, 0.25) is 0 Å². The van der Waals surface area contributed by atoms with Crippen LogP contribution in [-0.4, -0.2) is 47.4 Å². The van der Waals surface area contributed by atoms with E-state index in [0.29, 0.717) is 0 Å². The van der Waals surface area contributed by atoms with Gasteiger partial charge in [-0.1, -0.05) is 0 Å². The molecular weight excluding hydrogens is 282 g/mol. The van der Waals surface area contributed by atoms with E-state index in [1.54, 1.807) is 0 Å². The zero-order valence-electron chi connectivity index (χ0n) is 8.26. The molecule has 0 spiro atoms. The topological polar surface area (TPSA) is 190 Å². The molecule has 0 aliphatic rings. The van der Waals surface area contributed by atoms with Crippen molar-refractivity contribution < 1.29 is 48.5 Å². The maximum atomic E-state index is 10.5. The lowest BCUT2D eigenvalue weighted by Crippen LogP contribution is -2.21. The van der Waals surface area contributed by atoms with Gasteiger partial charge in [0.25, 0.3) is 0 Å². The summed E-state index contributed by atoms with van der Waals surface area (Å²) in [4.78, 5) is 51.6. The number of carbonyl (C=O) groups is 2. The van der Waals surface area contributed by atoms with Crippen molar-refractivity contribution in [1.29, 1.82) is 0 Å². The minimum Gasteiger partial charge on any atom is -0.481 e. The molecule has 0 aliphatic carbocycles. The van der Waals surface area contributed by atoms with E-state index in [1.165, 1.54) is 0 Å². The van der Waals surface area contributed by atoms with Crippen LogP contribution in [0.15, 0.2) is 0 Å². The monoisotopic (exact) mass is 294 g/mol. The summed E-state index contributed by atoms with van der Waals surface area (Å²) in [5.74, 6) is -2.98. The van der Waals surface area contributed by atoms with Gasteiger partial charge in [0.05, 0.1) is 0 Å². The molecule has 0 heterocycles. The minimum absolute atomic E-state index is 0.574. The maximum Gasteiger partial charge on any atom is 0.339 e. The number of carboxylic acids is 2. The van der Waals surface area contributed by atoms with Crippen LogP contribution in [-0.2, 0) is 18.7 Å². The first-order chi connectivity index (χ1) is 7.48. The van der Waals surface area contributed by atoms with Crippen molar-refractivity contribution in [3.63, 3.8) is 0 Å². The summed E-state index contributed by atoms with van der Waals surface area (Å²) in [5.41, 5.74) is -1.93. The van der Waals surface area contributed by atoms with Crippen molar-refractivity contribution >= 4 is 27.8 Å². The van der Waals surface area contributed by atoms with Crippen LogP contribution in [0.1, 0.15) is 12.8 Å². The fourth-order valence-corrected chi connectivity index (χ4v) is 1.45. The second-order valence-electron chi connectivity index (χ2n) is 2.66. The van der Waals surface area contributed by atoms with Gasteiger partial charge in [-0.05, 0) is 6.42 Å². The molecule has 0 aromatic rings. The first-order valence-electron chi connectivity index (χ1n) is 3.90. The fourth-order valence-electron chi connectivity index (χ4n) is 0.696. The number of carboxylic acid groups (broad SMARTS) is 2. The lowest BCUT2D eigenvalue weighted by atomic mass is 10.2. The Morgan fingerprint density at radius 1 is 1.18 bits per heavy atom. The third kappa shape index (κ3) is 13.2. The van der Waals surface area contributed by atoms with Gasteiger partial charge in [0.2, 0.25) is 0 Å². The Kier molecular flexibility index (Phi) is 9.13. The van der Waals surface area contributed by atoms with Gasteiger partial charge in [-0.15, -0.1) is 0 Å². The van der Waals surface area contributed by atoms with E-state index in [0.717, 1.165) is 0 Å². The highest BCUT2D eigenvalue weighted by Crippen LogP contribution is 2.43. The Bertz CT molecular complexity index is 328. The van der Waals surface area contributed by atoms with Crippen LogP contribution >= 0.6 is 15.9 Å². The highest BCUT2D eigenvalue weighted by Gasteiger charge is 2.35. The van der Waals surface area contributed by atoms with Gasteiger partial charge in [0.15, 0.2) is 5.66 Å². The Labute approximate surface area is 95.6 Å². The quantitative estimate of drug-likeness (QED) is 0.337. The SMILES string of the molecule is O=C(O)CCC(C(=O)O)P(=O)(O)O.O=[PH](O)O. The van der Waals surface area contributed by atoms with Crippen LogP contribution in [0.5, 0.6) is 0 Å². The number of aliphatic carboxylic acids is 2. The molecule has 1 atom stereocenters. The van der Waals surface area contributed by atoms with Crippen LogP contribution in [0.25, 0.3) is 0 Å². The van der Waals surface area contributed by atoms with Crippen molar-refractivity contribution in [3.05, 3.63) is 0 Å². The Balaban J connectivity index is 0. The molecule has 0 saturated carbocycles. The molecule has 12 heteroatoms. The smallest absolute Gasteiger partial charge is 0.339 e. The van der Waals surface area contributed by atoms with Crippen molar-refractivity contribution in [2.45, 2.75) is 18.5 Å². The summed E-state index contributed by atoms with van der Waals surface area (Å²) in [6.07, 6.45) is -1.16. The number of hydrogen-bond donors (Lipinski definition) is 6. The first-order valence-corrected chi connectivity index (χ1v) is 6.88. The summed E-state index contributed by atoms with van der Waals surface area (Å²) in [6.45, 7) is 0. The molecule has 0 saturated heterocycles. The normalized spacial score (nSPS) is 12.5. The van der Waals surface area contributed by atoms with Gasteiger partial charge < -0.3 is 29.8 Å². The fraction of sp³-hybridized carbons (Fsp3) is 0.600. The number of rotatable bonds is 5. The van der Waals surface area contributed by atoms with Gasteiger partial charge in [0.1, 0.15) is 0 Å². The highest BCUT2D eigenvalue weighted by atomic mass is 31.2. The van der Waals surface area contributed by atoms with E-state index in [4.69, 9.17) is 34.4 Å². The average molecular weight is 294 g/mol. The number of hydrogen-bond acceptors (Lipinski definition) is 4. The van der Waals surface area contributed by atoms with Gasteiger partial charge in [-0.3, -0.25) is 18.7 Å². The van der Waals surface area contributed by atoms with Crippen molar-refractivity contribution in [2.75, 3.05) is 0 Å². The van der Waals surface area contributed by atoms with Crippen LogP contribution in [0.4, 0.5) is 0 Å². The third-order valence-electron chi connectivity index (χ3n) is 1.32. The van der Waals surface area contributed by atoms with E-state index in [1.807, 2.05) is 0 Å². The first kappa shape index (κ1) is 18.6. The molecule has 0 amide bonds. The largest absolute Gasteiger partial charge is 0.481 e. The molecule has 10 nitrogen and oxygen atoms in total. The molecule has 0 bridgehead atoms. The summed E-state index contributed by atoms with van der Waals surface area (Å²) >= 11 is 0. The average Bonchev–Trinajstić information content (AvgIpc) is 1.98. The van der Waals surface area contributed by atoms with Gasteiger partial charge in [0, 0.05) is 6.42 Å². The molecule has 0 fully saturated rings. The van der Waals surface area contributed by atoms with Crippen molar-refractivity contribution in [3.8, 4) is 0 Å². The molecular formula is C5H12O10P2. The third-order valence-corrected chi connectivity index (χ3v) is 2.61.